The standard InChI is InChI=1S/C13H21N5O.ClH/c1-5-6-18-11(7-10(2)15-18)8-14-12-9-17(3)16-13(12)19-4;/h7,9,14H,5-6,8H2,1-4H3;1H. The summed E-state index contributed by atoms with van der Waals surface area (Å²) in [5.74, 6) is 0.612. The molecule has 2 aromatic heterocycles. The van der Waals surface area contributed by atoms with Crippen molar-refractivity contribution >= 4 is 18.1 Å². The Kier molecular flexibility index (Phi) is 5.88. The van der Waals surface area contributed by atoms with Crippen LogP contribution in [0.5, 0.6) is 5.88 Å². The first-order valence-electron chi connectivity index (χ1n) is 6.49. The SMILES string of the molecule is CCCn1nc(C)cc1CNc1cn(C)nc1OC.Cl. The van der Waals surface area contributed by atoms with Gasteiger partial charge < -0.3 is 10.1 Å². The first-order valence-corrected chi connectivity index (χ1v) is 6.49. The molecule has 0 aliphatic carbocycles. The van der Waals surface area contributed by atoms with Crippen LogP contribution < -0.4 is 10.1 Å². The molecule has 112 valence electrons. The van der Waals surface area contributed by atoms with Gasteiger partial charge >= 0.3 is 0 Å². The van der Waals surface area contributed by atoms with E-state index in [1.165, 1.54) is 5.69 Å². The van der Waals surface area contributed by atoms with Crippen LogP contribution in [0.15, 0.2) is 12.3 Å². The molecule has 0 aromatic carbocycles. The monoisotopic (exact) mass is 299 g/mol. The van der Waals surface area contributed by atoms with Crippen molar-refractivity contribution in [3.8, 4) is 5.88 Å². The van der Waals surface area contributed by atoms with Gasteiger partial charge in [0, 0.05) is 13.6 Å². The fourth-order valence-electron chi connectivity index (χ4n) is 2.07. The highest BCUT2D eigenvalue weighted by Gasteiger charge is 2.09. The molecule has 0 bridgehead atoms. The minimum absolute atomic E-state index is 0. The van der Waals surface area contributed by atoms with Crippen molar-refractivity contribution in [1.82, 2.24) is 19.6 Å². The third-order valence-corrected chi connectivity index (χ3v) is 2.87. The third kappa shape index (κ3) is 3.66. The quantitative estimate of drug-likeness (QED) is 0.890. The maximum Gasteiger partial charge on any atom is 0.256 e. The average molecular weight is 300 g/mol. The molecule has 0 fully saturated rings. The molecule has 2 rings (SSSR count). The molecule has 0 amide bonds. The predicted molar refractivity (Wildman–Crippen MR) is 81.6 cm³/mol. The van der Waals surface area contributed by atoms with Crippen LogP contribution >= 0.6 is 12.4 Å². The number of rotatable bonds is 6. The summed E-state index contributed by atoms with van der Waals surface area (Å²) in [4.78, 5) is 0. The lowest BCUT2D eigenvalue weighted by Crippen LogP contribution is -2.09. The summed E-state index contributed by atoms with van der Waals surface area (Å²) < 4.78 is 9.00. The number of ether oxygens (including phenoxy) is 1. The maximum atomic E-state index is 5.22. The van der Waals surface area contributed by atoms with Gasteiger partial charge in [-0.2, -0.15) is 5.10 Å². The number of hydrogen-bond acceptors (Lipinski definition) is 4. The third-order valence-electron chi connectivity index (χ3n) is 2.87. The molecule has 0 unspecified atom stereocenters. The van der Waals surface area contributed by atoms with E-state index in [1.54, 1.807) is 11.8 Å². The summed E-state index contributed by atoms with van der Waals surface area (Å²) in [5.41, 5.74) is 3.11. The largest absolute Gasteiger partial charge is 0.478 e. The van der Waals surface area contributed by atoms with E-state index in [0.29, 0.717) is 12.4 Å². The average Bonchev–Trinajstić information content (AvgIpc) is 2.90. The van der Waals surface area contributed by atoms with Crippen LogP contribution in [0.3, 0.4) is 0 Å². The smallest absolute Gasteiger partial charge is 0.256 e. The topological polar surface area (TPSA) is 56.9 Å². The van der Waals surface area contributed by atoms with E-state index in [0.717, 1.165) is 24.3 Å². The molecular weight excluding hydrogens is 278 g/mol. The Balaban J connectivity index is 0.00000200. The van der Waals surface area contributed by atoms with Crippen LogP contribution in [0.1, 0.15) is 24.7 Å². The second-order valence-corrected chi connectivity index (χ2v) is 4.58. The fraction of sp³-hybridized carbons (Fsp3) is 0.538. The number of anilines is 1. The van der Waals surface area contributed by atoms with Gasteiger partial charge in [0.1, 0.15) is 5.69 Å². The summed E-state index contributed by atoms with van der Waals surface area (Å²) in [6.07, 6.45) is 2.98. The van der Waals surface area contributed by atoms with Crippen LogP contribution in [0.4, 0.5) is 5.69 Å². The summed E-state index contributed by atoms with van der Waals surface area (Å²) in [6, 6.07) is 2.10. The van der Waals surface area contributed by atoms with Crippen molar-refractivity contribution in [2.45, 2.75) is 33.4 Å². The van der Waals surface area contributed by atoms with Crippen LogP contribution in [0.2, 0.25) is 0 Å². The number of aryl methyl sites for hydroxylation is 3. The van der Waals surface area contributed by atoms with Gasteiger partial charge in [-0.25, -0.2) is 0 Å². The molecule has 6 nitrogen and oxygen atoms in total. The number of halogens is 1. The van der Waals surface area contributed by atoms with Gasteiger partial charge in [-0.15, -0.1) is 17.5 Å². The lowest BCUT2D eigenvalue weighted by atomic mass is 10.3. The highest BCUT2D eigenvalue weighted by atomic mass is 35.5. The molecule has 0 radical (unpaired) electrons. The van der Waals surface area contributed by atoms with Gasteiger partial charge in [0.15, 0.2) is 0 Å². The summed E-state index contributed by atoms with van der Waals surface area (Å²) in [5, 5.41) is 12.0. The predicted octanol–water partition coefficient (Wildman–Crippen LogP) is 2.38. The van der Waals surface area contributed by atoms with E-state index in [9.17, 15) is 0 Å². The van der Waals surface area contributed by atoms with Crippen LogP contribution in [-0.4, -0.2) is 26.7 Å². The zero-order valence-electron chi connectivity index (χ0n) is 12.4. The lowest BCUT2D eigenvalue weighted by Gasteiger charge is -2.08. The summed E-state index contributed by atoms with van der Waals surface area (Å²) >= 11 is 0. The first-order chi connectivity index (χ1) is 9.13. The number of nitrogens with one attached hydrogen (secondary N) is 1. The van der Waals surface area contributed by atoms with Crippen LogP contribution in [-0.2, 0) is 20.1 Å². The Hall–Kier alpha value is -1.69. The Morgan fingerprint density at radius 2 is 2.10 bits per heavy atom. The van der Waals surface area contributed by atoms with Crippen LogP contribution in [0.25, 0.3) is 0 Å². The Bertz CT molecular complexity index is 549. The zero-order valence-corrected chi connectivity index (χ0v) is 13.2. The van der Waals surface area contributed by atoms with E-state index in [-0.39, 0.29) is 12.4 Å². The van der Waals surface area contributed by atoms with Gasteiger partial charge in [-0.3, -0.25) is 9.36 Å². The normalized spacial score (nSPS) is 10.2. The molecule has 0 spiro atoms. The second kappa shape index (κ2) is 7.19. The molecule has 0 aliphatic rings. The first kappa shape index (κ1) is 16.4. The van der Waals surface area contributed by atoms with Crippen molar-refractivity contribution < 1.29 is 4.74 Å². The number of nitrogens with zero attached hydrogens (tertiary/aromatic N) is 4. The van der Waals surface area contributed by atoms with Crippen molar-refractivity contribution in [1.29, 1.82) is 0 Å². The van der Waals surface area contributed by atoms with E-state index in [1.807, 2.05) is 24.9 Å². The van der Waals surface area contributed by atoms with Gasteiger partial charge in [0.25, 0.3) is 5.88 Å². The second-order valence-electron chi connectivity index (χ2n) is 4.58. The molecule has 0 saturated carbocycles. The van der Waals surface area contributed by atoms with E-state index in [2.05, 4.69) is 28.5 Å². The van der Waals surface area contributed by atoms with Crippen LogP contribution in [0, 0.1) is 6.92 Å². The zero-order chi connectivity index (χ0) is 13.8. The molecular formula is C13H22ClN5O. The van der Waals surface area contributed by atoms with E-state index < -0.39 is 0 Å². The number of methoxy groups -OCH3 is 1. The van der Waals surface area contributed by atoms with Crippen molar-refractivity contribution in [3.63, 3.8) is 0 Å². The van der Waals surface area contributed by atoms with Crippen molar-refractivity contribution in [2.24, 2.45) is 7.05 Å². The molecule has 1 N–H and O–H groups in total. The number of hydrogen-bond donors (Lipinski definition) is 1. The summed E-state index contributed by atoms with van der Waals surface area (Å²) in [6.45, 7) is 5.82. The minimum atomic E-state index is 0. The highest BCUT2D eigenvalue weighted by Crippen LogP contribution is 2.21. The molecule has 0 aliphatic heterocycles. The van der Waals surface area contributed by atoms with Gasteiger partial charge in [0.2, 0.25) is 0 Å². The molecule has 0 saturated heterocycles. The van der Waals surface area contributed by atoms with Gasteiger partial charge in [0.05, 0.1) is 31.2 Å². The van der Waals surface area contributed by atoms with Crippen molar-refractivity contribution in [3.05, 3.63) is 23.7 Å². The Labute approximate surface area is 125 Å². The molecule has 2 aromatic rings. The fourth-order valence-corrected chi connectivity index (χ4v) is 2.07. The lowest BCUT2D eigenvalue weighted by molar-refractivity contribution is 0.393. The van der Waals surface area contributed by atoms with E-state index >= 15 is 0 Å². The van der Waals surface area contributed by atoms with Crippen molar-refractivity contribution in [2.75, 3.05) is 12.4 Å². The maximum absolute atomic E-state index is 5.22. The molecule has 2 heterocycles. The number of aromatic nitrogens is 4. The Morgan fingerprint density at radius 3 is 2.75 bits per heavy atom. The molecule has 20 heavy (non-hydrogen) atoms. The highest BCUT2D eigenvalue weighted by molar-refractivity contribution is 5.85. The van der Waals surface area contributed by atoms with Gasteiger partial charge in [-0.05, 0) is 19.4 Å². The summed E-state index contributed by atoms with van der Waals surface area (Å²) in [7, 11) is 3.50. The Morgan fingerprint density at radius 1 is 1.35 bits per heavy atom. The molecule has 0 atom stereocenters. The molecule has 7 heteroatoms. The minimum Gasteiger partial charge on any atom is -0.478 e. The van der Waals surface area contributed by atoms with Gasteiger partial charge in [-0.1, -0.05) is 6.92 Å². The van der Waals surface area contributed by atoms with E-state index in [4.69, 9.17) is 4.74 Å².